The van der Waals surface area contributed by atoms with Crippen molar-refractivity contribution in [1.82, 2.24) is 24.9 Å². The van der Waals surface area contributed by atoms with Gasteiger partial charge in [0, 0.05) is 13.1 Å². The van der Waals surface area contributed by atoms with E-state index in [9.17, 15) is 0 Å². The first-order valence-electron chi connectivity index (χ1n) is 7.53. The van der Waals surface area contributed by atoms with Crippen LogP contribution in [0.3, 0.4) is 0 Å². The van der Waals surface area contributed by atoms with Crippen LogP contribution in [0.1, 0.15) is 43.9 Å². The zero-order valence-electron chi connectivity index (χ0n) is 13.6. The van der Waals surface area contributed by atoms with Crippen molar-refractivity contribution in [1.29, 1.82) is 0 Å². The molecule has 2 aromatic rings. The Morgan fingerprint density at radius 2 is 1.95 bits per heavy atom. The van der Waals surface area contributed by atoms with Crippen LogP contribution in [0.4, 0.5) is 0 Å². The molecule has 0 bridgehead atoms. The zero-order chi connectivity index (χ0) is 15.4. The van der Waals surface area contributed by atoms with Gasteiger partial charge in [0.1, 0.15) is 5.69 Å². The van der Waals surface area contributed by atoms with Gasteiger partial charge in [0.15, 0.2) is 5.75 Å². The fourth-order valence-electron chi connectivity index (χ4n) is 2.67. The molecule has 0 saturated heterocycles. The number of rotatable bonds is 7. The van der Waals surface area contributed by atoms with Gasteiger partial charge in [-0.15, -0.1) is 0 Å². The summed E-state index contributed by atoms with van der Waals surface area (Å²) in [6.07, 6.45) is 1.78. The van der Waals surface area contributed by atoms with Gasteiger partial charge in [-0.1, -0.05) is 6.92 Å². The van der Waals surface area contributed by atoms with Crippen LogP contribution in [0.25, 0.3) is 0 Å². The van der Waals surface area contributed by atoms with Gasteiger partial charge < -0.3 is 10.1 Å². The number of aromatic nitrogens is 4. The molecule has 0 aliphatic rings. The number of hydrogen-bond acceptors (Lipinski definition) is 4. The average molecular weight is 291 g/mol. The molecule has 6 nitrogen and oxygen atoms in total. The van der Waals surface area contributed by atoms with Crippen LogP contribution in [0.2, 0.25) is 0 Å². The Morgan fingerprint density at radius 1 is 1.24 bits per heavy atom. The Balaban J connectivity index is 2.55. The topological polar surface area (TPSA) is 56.9 Å². The van der Waals surface area contributed by atoms with Gasteiger partial charge in [0.2, 0.25) is 0 Å². The van der Waals surface area contributed by atoms with E-state index in [4.69, 9.17) is 4.74 Å². The van der Waals surface area contributed by atoms with Crippen LogP contribution in [0, 0.1) is 6.92 Å². The molecule has 0 spiro atoms. The molecule has 0 radical (unpaired) electrons. The summed E-state index contributed by atoms with van der Waals surface area (Å²) in [5.41, 5.74) is 3.22. The van der Waals surface area contributed by atoms with Crippen LogP contribution in [0.15, 0.2) is 12.3 Å². The molecular formula is C15H25N5O. The highest BCUT2D eigenvalue weighted by Gasteiger charge is 2.25. The van der Waals surface area contributed by atoms with Crippen LogP contribution in [0.5, 0.6) is 5.75 Å². The first-order chi connectivity index (χ1) is 10.2. The smallest absolute Gasteiger partial charge is 0.161 e. The first kappa shape index (κ1) is 15.6. The summed E-state index contributed by atoms with van der Waals surface area (Å²) in [4.78, 5) is 0. The molecule has 2 rings (SSSR count). The summed E-state index contributed by atoms with van der Waals surface area (Å²) in [5.74, 6) is 0.810. The third-order valence-electron chi connectivity index (χ3n) is 3.57. The van der Waals surface area contributed by atoms with Gasteiger partial charge >= 0.3 is 0 Å². The minimum absolute atomic E-state index is 0.0218. The lowest BCUT2D eigenvalue weighted by Crippen LogP contribution is -2.27. The van der Waals surface area contributed by atoms with Crippen molar-refractivity contribution in [3.63, 3.8) is 0 Å². The molecule has 0 amide bonds. The number of aryl methyl sites for hydroxylation is 3. The summed E-state index contributed by atoms with van der Waals surface area (Å²) in [6, 6.07) is 2.15. The lowest BCUT2D eigenvalue weighted by Gasteiger charge is -2.21. The van der Waals surface area contributed by atoms with Crippen LogP contribution in [-0.2, 0) is 13.1 Å². The quantitative estimate of drug-likeness (QED) is 0.849. The molecule has 1 atom stereocenters. The Bertz CT molecular complexity index is 565. The Labute approximate surface area is 126 Å². The van der Waals surface area contributed by atoms with E-state index in [1.165, 1.54) is 0 Å². The van der Waals surface area contributed by atoms with Crippen LogP contribution in [-0.4, -0.2) is 33.2 Å². The SMILES string of the molecule is CCNC(c1cc(C)nn1CC)c1c(OC)cnn1CC. The van der Waals surface area contributed by atoms with E-state index in [2.05, 4.69) is 42.4 Å². The molecule has 1 unspecified atom stereocenters. The number of nitrogens with zero attached hydrogens (tertiary/aromatic N) is 4. The normalized spacial score (nSPS) is 12.6. The summed E-state index contributed by atoms with van der Waals surface area (Å²) < 4.78 is 9.52. The molecule has 2 heterocycles. The number of methoxy groups -OCH3 is 1. The van der Waals surface area contributed by atoms with Crippen LogP contribution < -0.4 is 10.1 Å². The van der Waals surface area contributed by atoms with Crippen molar-refractivity contribution in [2.45, 2.75) is 46.8 Å². The van der Waals surface area contributed by atoms with Crippen molar-refractivity contribution in [2.24, 2.45) is 0 Å². The van der Waals surface area contributed by atoms with Crippen molar-refractivity contribution >= 4 is 0 Å². The number of nitrogens with one attached hydrogen (secondary N) is 1. The largest absolute Gasteiger partial charge is 0.493 e. The number of hydrogen-bond donors (Lipinski definition) is 1. The Hall–Kier alpha value is -1.82. The molecule has 0 fully saturated rings. The van der Waals surface area contributed by atoms with Gasteiger partial charge in [0.25, 0.3) is 0 Å². The van der Waals surface area contributed by atoms with E-state index < -0.39 is 0 Å². The van der Waals surface area contributed by atoms with Crippen molar-refractivity contribution in [2.75, 3.05) is 13.7 Å². The summed E-state index contributed by atoms with van der Waals surface area (Å²) in [7, 11) is 1.69. The molecule has 0 aliphatic heterocycles. The maximum Gasteiger partial charge on any atom is 0.161 e. The second-order valence-electron chi connectivity index (χ2n) is 4.93. The van der Waals surface area contributed by atoms with E-state index >= 15 is 0 Å². The summed E-state index contributed by atoms with van der Waals surface area (Å²) in [6.45, 7) is 10.8. The molecular weight excluding hydrogens is 266 g/mol. The van der Waals surface area contributed by atoms with Gasteiger partial charge in [-0.05, 0) is 33.4 Å². The standard InChI is InChI=1S/C15H25N5O/c1-6-16-14(12-9-11(4)18-19(12)7-2)15-13(21-5)10-17-20(15)8-3/h9-10,14,16H,6-8H2,1-5H3. The van der Waals surface area contributed by atoms with Crippen molar-refractivity contribution in [3.8, 4) is 5.75 Å². The average Bonchev–Trinajstić information content (AvgIpc) is 3.07. The second kappa shape index (κ2) is 6.76. The lowest BCUT2D eigenvalue weighted by atomic mass is 10.1. The van der Waals surface area contributed by atoms with Gasteiger partial charge in [-0.2, -0.15) is 10.2 Å². The molecule has 0 saturated carbocycles. The molecule has 21 heavy (non-hydrogen) atoms. The molecule has 0 aliphatic carbocycles. The fourth-order valence-corrected chi connectivity index (χ4v) is 2.67. The lowest BCUT2D eigenvalue weighted by molar-refractivity contribution is 0.396. The van der Waals surface area contributed by atoms with Gasteiger partial charge in [-0.3, -0.25) is 9.36 Å². The van der Waals surface area contributed by atoms with E-state index in [0.29, 0.717) is 0 Å². The van der Waals surface area contributed by atoms with Gasteiger partial charge in [0.05, 0.1) is 30.7 Å². The predicted molar refractivity (Wildman–Crippen MR) is 82.6 cm³/mol. The predicted octanol–water partition coefficient (Wildman–Crippen LogP) is 2.14. The van der Waals surface area contributed by atoms with Gasteiger partial charge in [-0.25, -0.2) is 0 Å². The molecule has 2 aromatic heterocycles. The minimum atomic E-state index is 0.0218. The minimum Gasteiger partial charge on any atom is -0.493 e. The monoisotopic (exact) mass is 291 g/mol. The first-order valence-corrected chi connectivity index (χ1v) is 7.53. The third kappa shape index (κ3) is 2.95. The summed E-state index contributed by atoms with van der Waals surface area (Å²) >= 11 is 0. The Morgan fingerprint density at radius 3 is 2.52 bits per heavy atom. The van der Waals surface area contributed by atoms with Crippen LogP contribution >= 0.6 is 0 Å². The highest BCUT2D eigenvalue weighted by molar-refractivity contribution is 5.34. The zero-order valence-corrected chi connectivity index (χ0v) is 13.6. The maximum absolute atomic E-state index is 5.50. The molecule has 6 heteroatoms. The maximum atomic E-state index is 5.50. The highest BCUT2D eigenvalue weighted by Crippen LogP contribution is 2.30. The molecule has 1 N–H and O–H groups in total. The molecule has 0 aromatic carbocycles. The van der Waals surface area contributed by atoms with E-state index in [0.717, 1.165) is 42.5 Å². The second-order valence-corrected chi connectivity index (χ2v) is 4.93. The van der Waals surface area contributed by atoms with E-state index in [1.54, 1.807) is 13.3 Å². The Kier molecular flexibility index (Phi) is 5.01. The van der Waals surface area contributed by atoms with Crippen molar-refractivity contribution < 1.29 is 4.74 Å². The highest BCUT2D eigenvalue weighted by atomic mass is 16.5. The van der Waals surface area contributed by atoms with E-state index in [-0.39, 0.29) is 6.04 Å². The number of ether oxygens (including phenoxy) is 1. The third-order valence-corrected chi connectivity index (χ3v) is 3.57. The van der Waals surface area contributed by atoms with E-state index in [1.807, 2.05) is 16.3 Å². The summed E-state index contributed by atoms with van der Waals surface area (Å²) in [5, 5.41) is 12.5. The molecule has 116 valence electrons. The fraction of sp³-hybridized carbons (Fsp3) is 0.600. The van der Waals surface area contributed by atoms with Crippen molar-refractivity contribution in [3.05, 3.63) is 29.3 Å².